The third-order valence-corrected chi connectivity index (χ3v) is 5.67. The van der Waals surface area contributed by atoms with Gasteiger partial charge in [0.2, 0.25) is 0 Å². The van der Waals surface area contributed by atoms with Crippen LogP contribution in [0.15, 0.2) is 66.7 Å². The van der Waals surface area contributed by atoms with Crippen LogP contribution >= 0.6 is 12.2 Å². The molecule has 5 nitrogen and oxygen atoms in total. The number of esters is 1. The van der Waals surface area contributed by atoms with Crippen molar-refractivity contribution >= 4 is 45.7 Å². The van der Waals surface area contributed by atoms with Gasteiger partial charge in [-0.05, 0) is 79.0 Å². The standard InChI is InChI=1S/C25H24N2O3S/c28-23(22-12-6-8-17-7-4-5-11-21(17)22)27-25(31)26-19-15-13-18(14-16-19)24(29)30-20-9-2-1-3-10-20/h4-8,11-16,20H,1-3,9-10H2,(H2,26,27,28,31). The zero-order valence-electron chi connectivity index (χ0n) is 17.1. The number of carbonyl (C=O) groups excluding carboxylic acids is 2. The summed E-state index contributed by atoms with van der Waals surface area (Å²) in [7, 11) is 0. The van der Waals surface area contributed by atoms with E-state index in [0.717, 1.165) is 36.5 Å². The van der Waals surface area contributed by atoms with Crippen molar-refractivity contribution in [2.24, 2.45) is 0 Å². The van der Waals surface area contributed by atoms with Crippen LogP contribution in [0, 0.1) is 0 Å². The molecule has 0 bridgehead atoms. The predicted molar refractivity (Wildman–Crippen MR) is 126 cm³/mol. The van der Waals surface area contributed by atoms with Gasteiger partial charge in [-0.25, -0.2) is 4.79 Å². The second-order valence-corrected chi connectivity index (χ2v) is 8.09. The molecule has 4 rings (SSSR count). The van der Waals surface area contributed by atoms with Gasteiger partial charge in [-0.2, -0.15) is 0 Å². The second-order valence-electron chi connectivity index (χ2n) is 7.68. The van der Waals surface area contributed by atoms with Gasteiger partial charge in [-0.15, -0.1) is 0 Å². The largest absolute Gasteiger partial charge is 0.459 e. The third kappa shape index (κ3) is 5.27. The van der Waals surface area contributed by atoms with Gasteiger partial charge in [0.15, 0.2) is 5.11 Å². The molecule has 2 N–H and O–H groups in total. The number of carbonyl (C=O) groups is 2. The van der Waals surface area contributed by atoms with Crippen LogP contribution in [0.1, 0.15) is 52.8 Å². The van der Waals surface area contributed by atoms with Crippen molar-refractivity contribution in [3.8, 4) is 0 Å². The highest BCUT2D eigenvalue weighted by Gasteiger charge is 2.18. The Kier molecular flexibility index (Phi) is 6.57. The number of thiocarbonyl (C=S) groups is 1. The quantitative estimate of drug-likeness (QED) is 0.423. The van der Waals surface area contributed by atoms with Crippen LogP contribution in [0.25, 0.3) is 10.8 Å². The molecule has 0 radical (unpaired) electrons. The van der Waals surface area contributed by atoms with Crippen LogP contribution in [-0.2, 0) is 4.74 Å². The van der Waals surface area contributed by atoms with E-state index in [-0.39, 0.29) is 23.1 Å². The average Bonchev–Trinajstić information content (AvgIpc) is 2.79. The van der Waals surface area contributed by atoms with E-state index >= 15 is 0 Å². The molecule has 0 spiro atoms. The van der Waals surface area contributed by atoms with Crippen molar-refractivity contribution in [1.82, 2.24) is 5.32 Å². The molecule has 0 atom stereocenters. The lowest BCUT2D eigenvalue weighted by Crippen LogP contribution is -2.34. The number of nitrogens with one attached hydrogen (secondary N) is 2. The topological polar surface area (TPSA) is 67.4 Å². The number of benzene rings is 3. The van der Waals surface area contributed by atoms with Gasteiger partial charge in [-0.1, -0.05) is 42.8 Å². The summed E-state index contributed by atoms with van der Waals surface area (Å²) in [5, 5.41) is 7.75. The van der Waals surface area contributed by atoms with E-state index in [0.29, 0.717) is 16.8 Å². The van der Waals surface area contributed by atoms with Crippen LogP contribution < -0.4 is 10.6 Å². The predicted octanol–water partition coefficient (Wildman–Crippen LogP) is 5.46. The Morgan fingerprint density at radius 2 is 1.58 bits per heavy atom. The first-order valence-electron chi connectivity index (χ1n) is 10.5. The van der Waals surface area contributed by atoms with Crippen molar-refractivity contribution in [3.05, 3.63) is 77.9 Å². The SMILES string of the molecule is O=C(OC1CCCCC1)c1ccc(NC(=S)NC(=O)c2cccc3ccccc23)cc1. The monoisotopic (exact) mass is 432 g/mol. The molecule has 3 aromatic rings. The summed E-state index contributed by atoms with van der Waals surface area (Å²) < 4.78 is 5.59. The molecule has 1 saturated carbocycles. The summed E-state index contributed by atoms with van der Waals surface area (Å²) in [4.78, 5) is 25.0. The Balaban J connectivity index is 1.35. The van der Waals surface area contributed by atoms with Gasteiger partial charge in [0.05, 0.1) is 5.56 Å². The van der Waals surface area contributed by atoms with Crippen LogP contribution in [0.2, 0.25) is 0 Å². The fourth-order valence-electron chi connectivity index (χ4n) is 3.85. The lowest BCUT2D eigenvalue weighted by atomic mass is 9.98. The van der Waals surface area contributed by atoms with Gasteiger partial charge in [0.25, 0.3) is 5.91 Å². The molecule has 1 aliphatic rings. The van der Waals surface area contributed by atoms with Crippen LogP contribution in [0.4, 0.5) is 5.69 Å². The summed E-state index contributed by atoms with van der Waals surface area (Å²) in [5.41, 5.74) is 1.74. The molecule has 0 unspecified atom stereocenters. The number of fused-ring (bicyclic) bond motifs is 1. The van der Waals surface area contributed by atoms with E-state index < -0.39 is 0 Å². The molecule has 6 heteroatoms. The average molecular weight is 433 g/mol. The Morgan fingerprint density at radius 3 is 2.35 bits per heavy atom. The highest BCUT2D eigenvalue weighted by molar-refractivity contribution is 7.80. The minimum absolute atomic E-state index is 0.0240. The van der Waals surface area contributed by atoms with Gasteiger partial charge in [0, 0.05) is 11.3 Å². The van der Waals surface area contributed by atoms with E-state index in [1.165, 1.54) is 6.42 Å². The molecule has 31 heavy (non-hydrogen) atoms. The molecule has 3 aromatic carbocycles. The summed E-state index contributed by atoms with van der Waals surface area (Å²) in [6.45, 7) is 0. The molecule has 0 heterocycles. The molecule has 0 saturated heterocycles. The summed E-state index contributed by atoms with van der Waals surface area (Å²) >= 11 is 5.29. The van der Waals surface area contributed by atoms with Gasteiger partial charge in [0.1, 0.15) is 6.10 Å². The molecular formula is C25H24N2O3S. The molecule has 1 fully saturated rings. The van der Waals surface area contributed by atoms with Gasteiger partial charge >= 0.3 is 5.97 Å². The summed E-state index contributed by atoms with van der Waals surface area (Å²) in [6, 6.07) is 20.2. The highest BCUT2D eigenvalue weighted by Crippen LogP contribution is 2.22. The fourth-order valence-corrected chi connectivity index (χ4v) is 4.06. The Hall–Kier alpha value is -3.25. The van der Waals surface area contributed by atoms with Crippen molar-refractivity contribution in [3.63, 3.8) is 0 Å². The van der Waals surface area contributed by atoms with E-state index in [1.807, 2.05) is 36.4 Å². The lowest BCUT2D eigenvalue weighted by molar-refractivity contribution is 0.0211. The second kappa shape index (κ2) is 9.71. The molecule has 0 aliphatic heterocycles. The number of rotatable bonds is 4. The summed E-state index contributed by atoms with van der Waals surface area (Å²) in [5.74, 6) is -0.577. The van der Waals surface area contributed by atoms with Crippen LogP contribution in [0.3, 0.4) is 0 Å². The van der Waals surface area contributed by atoms with Gasteiger partial charge in [-0.3, -0.25) is 10.1 Å². The zero-order valence-corrected chi connectivity index (χ0v) is 17.9. The minimum Gasteiger partial charge on any atom is -0.459 e. The maximum Gasteiger partial charge on any atom is 0.338 e. The normalized spacial score (nSPS) is 14.1. The third-order valence-electron chi connectivity index (χ3n) is 5.47. The van der Waals surface area contributed by atoms with Crippen molar-refractivity contribution in [2.75, 3.05) is 5.32 Å². The maximum atomic E-state index is 12.7. The number of anilines is 1. The summed E-state index contributed by atoms with van der Waals surface area (Å²) in [6.07, 6.45) is 5.35. The van der Waals surface area contributed by atoms with E-state index in [9.17, 15) is 9.59 Å². The molecule has 1 aliphatic carbocycles. The van der Waals surface area contributed by atoms with Gasteiger partial charge < -0.3 is 10.1 Å². The highest BCUT2D eigenvalue weighted by atomic mass is 32.1. The number of hydrogen-bond donors (Lipinski definition) is 2. The fraction of sp³-hybridized carbons (Fsp3) is 0.240. The first-order chi connectivity index (χ1) is 15.1. The molecule has 158 valence electrons. The van der Waals surface area contributed by atoms with Crippen molar-refractivity contribution in [2.45, 2.75) is 38.2 Å². The van der Waals surface area contributed by atoms with Crippen LogP contribution in [-0.4, -0.2) is 23.1 Å². The first kappa shape index (κ1) is 21.0. The minimum atomic E-state index is -0.301. The maximum absolute atomic E-state index is 12.7. The zero-order chi connectivity index (χ0) is 21.6. The molecular weight excluding hydrogens is 408 g/mol. The smallest absolute Gasteiger partial charge is 0.338 e. The lowest BCUT2D eigenvalue weighted by Gasteiger charge is -2.21. The van der Waals surface area contributed by atoms with Crippen molar-refractivity contribution < 1.29 is 14.3 Å². The Labute approximate surface area is 186 Å². The van der Waals surface area contributed by atoms with E-state index in [2.05, 4.69) is 10.6 Å². The first-order valence-corrected chi connectivity index (χ1v) is 10.9. The van der Waals surface area contributed by atoms with E-state index in [4.69, 9.17) is 17.0 Å². The number of amides is 1. The van der Waals surface area contributed by atoms with Crippen molar-refractivity contribution in [1.29, 1.82) is 0 Å². The number of hydrogen-bond acceptors (Lipinski definition) is 4. The molecule has 0 aromatic heterocycles. The van der Waals surface area contributed by atoms with E-state index in [1.54, 1.807) is 30.3 Å². The number of ether oxygens (including phenoxy) is 1. The Bertz CT molecular complexity index is 1100. The molecule has 1 amide bonds. The van der Waals surface area contributed by atoms with Crippen LogP contribution in [0.5, 0.6) is 0 Å². The Morgan fingerprint density at radius 1 is 0.871 bits per heavy atom.